The van der Waals surface area contributed by atoms with Crippen LogP contribution in [0.15, 0.2) is 30.0 Å². The largest absolute Gasteiger partial charge is 0.386 e. The van der Waals surface area contributed by atoms with Crippen LogP contribution in [0.5, 0.6) is 0 Å². The number of non-ortho nitro benzene ring substituents is 1. The number of nitrogens with one attached hydrogen (secondary N) is 2. The molecule has 7 heteroatoms. The van der Waals surface area contributed by atoms with Gasteiger partial charge >= 0.3 is 0 Å². The fraction of sp³-hybridized carbons (Fsp3) is 0.0909. The minimum Gasteiger partial charge on any atom is -0.386 e. The van der Waals surface area contributed by atoms with Crippen molar-refractivity contribution in [1.82, 2.24) is 0 Å². The topological polar surface area (TPSA) is 115 Å². The Morgan fingerprint density at radius 3 is 2.56 bits per heavy atom. The highest BCUT2D eigenvalue weighted by Gasteiger charge is 2.09. The van der Waals surface area contributed by atoms with Crippen LogP contribution in [-0.2, 0) is 0 Å². The average Bonchev–Trinajstić information content (AvgIpc) is 2.39. The zero-order chi connectivity index (χ0) is 13.5. The van der Waals surface area contributed by atoms with Crippen molar-refractivity contribution in [2.75, 3.05) is 17.7 Å². The summed E-state index contributed by atoms with van der Waals surface area (Å²) in [5.41, 5.74) is 0.895. The lowest BCUT2D eigenvalue weighted by molar-refractivity contribution is -0.384. The summed E-state index contributed by atoms with van der Waals surface area (Å²) >= 11 is 0. The molecule has 0 atom stereocenters. The molecule has 0 aliphatic heterocycles. The number of nitriles is 2. The van der Waals surface area contributed by atoms with Gasteiger partial charge in [0.15, 0.2) is 0 Å². The van der Waals surface area contributed by atoms with Crippen LogP contribution < -0.4 is 10.6 Å². The first-order chi connectivity index (χ1) is 8.62. The number of nitro groups is 1. The molecular formula is C11H9N5O2. The molecule has 90 valence electrons. The first-order valence-corrected chi connectivity index (χ1v) is 4.85. The Kier molecular flexibility index (Phi) is 4.24. The highest BCUT2D eigenvalue weighted by Crippen LogP contribution is 2.26. The van der Waals surface area contributed by atoms with E-state index in [1.54, 1.807) is 19.2 Å². The van der Waals surface area contributed by atoms with Gasteiger partial charge in [0.2, 0.25) is 0 Å². The fourth-order valence-corrected chi connectivity index (χ4v) is 1.22. The Hall–Kier alpha value is -3.06. The van der Waals surface area contributed by atoms with E-state index in [9.17, 15) is 10.1 Å². The molecule has 7 nitrogen and oxygen atoms in total. The normalized spacial score (nSPS) is 8.61. The van der Waals surface area contributed by atoms with E-state index >= 15 is 0 Å². The molecule has 0 aromatic heterocycles. The standard InChI is InChI=1S/C11H9N5O2/c1-14-11-4-9(16(17)18)2-3-10(11)15-7-8(5-12)6-13/h2-4,7,14-15H,1H3. The van der Waals surface area contributed by atoms with Gasteiger partial charge < -0.3 is 10.6 Å². The minimum atomic E-state index is -0.504. The number of anilines is 2. The Bertz CT molecular complexity index is 564. The third kappa shape index (κ3) is 2.97. The van der Waals surface area contributed by atoms with Crippen LogP contribution in [0.1, 0.15) is 0 Å². The van der Waals surface area contributed by atoms with Crippen LogP contribution in [0.4, 0.5) is 17.1 Å². The maximum atomic E-state index is 10.6. The summed E-state index contributed by atoms with van der Waals surface area (Å²) in [7, 11) is 1.61. The van der Waals surface area contributed by atoms with Crippen molar-refractivity contribution in [3.05, 3.63) is 40.1 Å². The summed E-state index contributed by atoms with van der Waals surface area (Å²) in [6.45, 7) is 0. The van der Waals surface area contributed by atoms with Gasteiger partial charge in [-0.3, -0.25) is 10.1 Å². The molecule has 0 saturated heterocycles. The van der Waals surface area contributed by atoms with Gasteiger partial charge in [-0.1, -0.05) is 0 Å². The maximum absolute atomic E-state index is 10.6. The summed E-state index contributed by atoms with van der Waals surface area (Å²) in [6, 6.07) is 7.57. The molecule has 0 amide bonds. The van der Waals surface area contributed by atoms with Gasteiger partial charge in [-0.15, -0.1) is 0 Å². The lowest BCUT2D eigenvalue weighted by Gasteiger charge is -2.08. The molecule has 0 aliphatic rings. The van der Waals surface area contributed by atoms with Crippen molar-refractivity contribution in [2.24, 2.45) is 0 Å². The van der Waals surface area contributed by atoms with Crippen LogP contribution in [0, 0.1) is 32.8 Å². The SMILES string of the molecule is CNc1cc([N+](=O)[O-])ccc1NC=C(C#N)C#N. The zero-order valence-electron chi connectivity index (χ0n) is 9.47. The monoisotopic (exact) mass is 243 g/mol. The van der Waals surface area contributed by atoms with Crippen LogP contribution in [0.2, 0.25) is 0 Å². The second kappa shape index (κ2) is 5.87. The van der Waals surface area contributed by atoms with Crippen LogP contribution >= 0.6 is 0 Å². The van der Waals surface area contributed by atoms with E-state index in [4.69, 9.17) is 10.5 Å². The average molecular weight is 243 g/mol. The van der Waals surface area contributed by atoms with Gasteiger partial charge in [0.1, 0.15) is 17.7 Å². The first-order valence-electron chi connectivity index (χ1n) is 4.85. The third-order valence-electron chi connectivity index (χ3n) is 2.10. The summed E-state index contributed by atoms with van der Waals surface area (Å²) in [5.74, 6) is 0. The number of nitro benzene ring substituents is 1. The summed E-state index contributed by atoms with van der Waals surface area (Å²) in [4.78, 5) is 10.1. The van der Waals surface area contributed by atoms with E-state index < -0.39 is 4.92 Å². The van der Waals surface area contributed by atoms with Crippen LogP contribution in [0.25, 0.3) is 0 Å². The number of rotatable bonds is 4. The number of hydrogen-bond acceptors (Lipinski definition) is 6. The van der Waals surface area contributed by atoms with Crippen molar-refractivity contribution in [1.29, 1.82) is 10.5 Å². The molecule has 0 unspecified atom stereocenters. The molecule has 0 fully saturated rings. The van der Waals surface area contributed by atoms with E-state index in [1.807, 2.05) is 0 Å². The third-order valence-corrected chi connectivity index (χ3v) is 2.10. The molecule has 0 heterocycles. The highest BCUT2D eigenvalue weighted by atomic mass is 16.6. The molecule has 0 saturated carbocycles. The van der Waals surface area contributed by atoms with Gasteiger partial charge in [0, 0.05) is 25.4 Å². The molecular weight excluding hydrogens is 234 g/mol. The van der Waals surface area contributed by atoms with Gasteiger partial charge in [0.25, 0.3) is 5.69 Å². The molecule has 18 heavy (non-hydrogen) atoms. The molecule has 1 rings (SSSR count). The highest BCUT2D eigenvalue weighted by molar-refractivity contribution is 5.72. The number of benzene rings is 1. The maximum Gasteiger partial charge on any atom is 0.271 e. The van der Waals surface area contributed by atoms with Crippen LogP contribution in [-0.4, -0.2) is 12.0 Å². The van der Waals surface area contributed by atoms with Gasteiger partial charge in [-0.05, 0) is 6.07 Å². The number of hydrogen-bond donors (Lipinski definition) is 2. The Labute approximate surface area is 103 Å². The van der Waals surface area contributed by atoms with E-state index in [0.29, 0.717) is 11.4 Å². The lowest BCUT2D eigenvalue weighted by Crippen LogP contribution is -1.98. The lowest BCUT2D eigenvalue weighted by atomic mass is 10.2. The Balaban J connectivity index is 3.05. The van der Waals surface area contributed by atoms with E-state index in [0.717, 1.165) is 0 Å². The molecule has 1 aromatic carbocycles. The Morgan fingerprint density at radius 1 is 1.39 bits per heavy atom. The molecule has 2 N–H and O–H groups in total. The summed E-state index contributed by atoms with van der Waals surface area (Å²) in [6.07, 6.45) is 1.24. The quantitative estimate of drug-likeness (QED) is 0.474. The van der Waals surface area contributed by atoms with Gasteiger partial charge in [-0.2, -0.15) is 10.5 Å². The molecule has 0 radical (unpaired) electrons. The Morgan fingerprint density at radius 2 is 2.06 bits per heavy atom. The van der Waals surface area contributed by atoms with Crippen LogP contribution in [0.3, 0.4) is 0 Å². The van der Waals surface area contributed by atoms with E-state index in [-0.39, 0.29) is 11.3 Å². The summed E-state index contributed by atoms with van der Waals surface area (Å²) < 4.78 is 0. The molecule has 0 spiro atoms. The first kappa shape index (κ1) is 13.0. The minimum absolute atomic E-state index is 0.0466. The zero-order valence-corrected chi connectivity index (χ0v) is 9.47. The molecule has 1 aromatic rings. The van der Waals surface area contributed by atoms with E-state index in [1.165, 1.54) is 24.4 Å². The van der Waals surface area contributed by atoms with Crippen molar-refractivity contribution < 1.29 is 4.92 Å². The predicted molar refractivity (Wildman–Crippen MR) is 65.6 cm³/mol. The molecule has 0 aliphatic carbocycles. The van der Waals surface area contributed by atoms with Gasteiger partial charge in [0.05, 0.1) is 16.3 Å². The van der Waals surface area contributed by atoms with Crippen molar-refractivity contribution >= 4 is 17.1 Å². The summed E-state index contributed by atoms with van der Waals surface area (Å²) in [5, 5.41) is 33.3. The predicted octanol–water partition coefficient (Wildman–Crippen LogP) is 1.98. The van der Waals surface area contributed by atoms with Crippen molar-refractivity contribution in [2.45, 2.75) is 0 Å². The number of nitrogens with zero attached hydrogens (tertiary/aromatic N) is 3. The van der Waals surface area contributed by atoms with Crippen molar-refractivity contribution in [3.8, 4) is 12.1 Å². The smallest absolute Gasteiger partial charge is 0.271 e. The van der Waals surface area contributed by atoms with Gasteiger partial charge in [-0.25, -0.2) is 0 Å². The van der Waals surface area contributed by atoms with E-state index in [2.05, 4.69) is 10.6 Å². The molecule has 0 bridgehead atoms. The number of allylic oxidation sites excluding steroid dienone is 1. The second-order valence-electron chi connectivity index (χ2n) is 3.16. The second-order valence-corrected chi connectivity index (χ2v) is 3.16. The van der Waals surface area contributed by atoms with Crippen molar-refractivity contribution in [3.63, 3.8) is 0 Å². The fourth-order valence-electron chi connectivity index (χ4n) is 1.22.